The Morgan fingerprint density at radius 3 is 2.40 bits per heavy atom. The van der Waals surface area contributed by atoms with Crippen molar-refractivity contribution in [2.75, 3.05) is 10.7 Å². The summed E-state index contributed by atoms with van der Waals surface area (Å²) in [6, 6.07) is 14.3. The fraction of sp³-hybridized carbons (Fsp3) is 0.188. The minimum absolute atomic E-state index is 0.538. The molecule has 0 fully saturated rings. The molecule has 2 rings (SSSR count). The van der Waals surface area contributed by atoms with Gasteiger partial charge in [-0.2, -0.15) is 0 Å². The predicted octanol–water partition coefficient (Wildman–Crippen LogP) is 3.93. The highest BCUT2D eigenvalue weighted by Gasteiger charge is 2.00. The quantitative estimate of drug-likeness (QED) is 0.590. The molecule has 0 unspecified atom stereocenters. The highest BCUT2D eigenvalue weighted by Crippen LogP contribution is 2.15. The summed E-state index contributed by atoms with van der Waals surface area (Å²) in [5.41, 5.74) is 11.7. The highest BCUT2D eigenvalue weighted by molar-refractivity contribution is 7.80. The smallest absolute Gasteiger partial charge is 0.189 e. The maximum Gasteiger partial charge on any atom is 0.189 e. The van der Waals surface area contributed by atoms with E-state index in [-0.39, 0.29) is 0 Å². The van der Waals surface area contributed by atoms with Crippen molar-refractivity contribution in [2.24, 2.45) is 0 Å². The summed E-state index contributed by atoms with van der Waals surface area (Å²) in [6.07, 6.45) is 0. The summed E-state index contributed by atoms with van der Waals surface area (Å²) in [5.74, 6) is 0. The van der Waals surface area contributed by atoms with Crippen molar-refractivity contribution >= 4 is 28.7 Å². The third kappa shape index (κ3) is 3.96. The first-order valence-electron chi connectivity index (χ1n) is 6.51. The molecule has 0 atom stereocenters. The lowest BCUT2D eigenvalue weighted by Gasteiger charge is -2.14. The molecule has 0 radical (unpaired) electrons. The maximum absolute atomic E-state index is 5.26. The average molecular weight is 285 g/mol. The van der Waals surface area contributed by atoms with Crippen LogP contribution in [0.5, 0.6) is 0 Å². The number of hydrogen-bond donors (Lipinski definition) is 3. The SMILES string of the molecule is Cc1cccc(NC(=S)NNc2ccc(C)cc2C)c1. The van der Waals surface area contributed by atoms with Crippen LogP contribution in [0.3, 0.4) is 0 Å². The van der Waals surface area contributed by atoms with Gasteiger partial charge in [0.15, 0.2) is 5.11 Å². The van der Waals surface area contributed by atoms with Crippen LogP contribution in [0.15, 0.2) is 42.5 Å². The number of thiocarbonyl (C=S) groups is 1. The molecule has 0 heterocycles. The summed E-state index contributed by atoms with van der Waals surface area (Å²) in [4.78, 5) is 0. The molecule has 0 aliphatic rings. The largest absolute Gasteiger partial charge is 0.331 e. The van der Waals surface area contributed by atoms with Gasteiger partial charge in [-0.15, -0.1) is 0 Å². The summed E-state index contributed by atoms with van der Waals surface area (Å²) < 4.78 is 0. The van der Waals surface area contributed by atoms with Crippen LogP contribution in [0, 0.1) is 20.8 Å². The lowest BCUT2D eigenvalue weighted by Crippen LogP contribution is -2.33. The summed E-state index contributed by atoms with van der Waals surface area (Å²) in [7, 11) is 0. The van der Waals surface area contributed by atoms with Crippen molar-refractivity contribution in [3.8, 4) is 0 Å². The van der Waals surface area contributed by atoms with Gasteiger partial charge in [0, 0.05) is 5.69 Å². The van der Waals surface area contributed by atoms with Gasteiger partial charge < -0.3 is 5.32 Å². The molecule has 0 bridgehead atoms. The molecule has 20 heavy (non-hydrogen) atoms. The van der Waals surface area contributed by atoms with Crippen molar-refractivity contribution < 1.29 is 0 Å². The predicted molar refractivity (Wildman–Crippen MR) is 90.1 cm³/mol. The monoisotopic (exact) mass is 285 g/mol. The molecule has 0 saturated heterocycles. The zero-order valence-corrected chi connectivity index (χ0v) is 12.8. The van der Waals surface area contributed by atoms with Crippen LogP contribution in [0.4, 0.5) is 11.4 Å². The zero-order valence-electron chi connectivity index (χ0n) is 11.9. The van der Waals surface area contributed by atoms with Crippen molar-refractivity contribution in [1.29, 1.82) is 0 Å². The molecule has 0 aromatic heterocycles. The third-order valence-electron chi connectivity index (χ3n) is 2.97. The van der Waals surface area contributed by atoms with Crippen LogP contribution in [-0.4, -0.2) is 5.11 Å². The molecule has 0 amide bonds. The van der Waals surface area contributed by atoms with E-state index in [1.54, 1.807) is 0 Å². The van der Waals surface area contributed by atoms with E-state index in [2.05, 4.69) is 55.1 Å². The van der Waals surface area contributed by atoms with Crippen LogP contribution >= 0.6 is 12.2 Å². The van der Waals surface area contributed by atoms with Crippen molar-refractivity contribution in [3.05, 3.63) is 59.2 Å². The van der Waals surface area contributed by atoms with Crippen molar-refractivity contribution in [1.82, 2.24) is 5.43 Å². The van der Waals surface area contributed by atoms with E-state index >= 15 is 0 Å². The lowest BCUT2D eigenvalue weighted by molar-refractivity contribution is 1.12. The van der Waals surface area contributed by atoms with Gasteiger partial charge in [0.25, 0.3) is 0 Å². The second-order valence-electron chi connectivity index (χ2n) is 4.89. The lowest BCUT2D eigenvalue weighted by atomic mass is 10.1. The molecule has 0 aliphatic heterocycles. The normalized spacial score (nSPS) is 9.95. The van der Waals surface area contributed by atoms with Crippen LogP contribution in [0.25, 0.3) is 0 Å². The molecule has 3 N–H and O–H groups in total. The molecular weight excluding hydrogens is 266 g/mol. The molecule has 2 aromatic rings. The average Bonchev–Trinajstić information content (AvgIpc) is 2.37. The Labute approximate surface area is 125 Å². The van der Waals surface area contributed by atoms with E-state index in [4.69, 9.17) is 12.2 Å². The number of benzene rings is 2. The Bertz CT molecular complexity index is 623. The van der Waals surface area contributed by atoms with Crippen LogP contribution in [0.1, 0.15) is 16.7 Å². The minimum atomic E-state index is 0.538. The Kier molecular flexibility index (Phi) is 4.58. The van der Waals surface area contributed by atoms with Crippen molar-refractivity contribution in [3.63, 3.8) is 0 Å². The first kappa shape index (κ1) is 14.3. The van der Waals surface area contributed by atoms with Crippen LogP contribution in [-0.2, 0) is 0 Å². The van der Waals surface area contributed by atoms with Crippen molar-refractivity contribution in [2.45, 2.75) is 20.8 Å². The van der Waals surface area contributed by atoms with Gasteiger partial charge in [-0.1, -0.05) is 29.8 Å². The van der Waals surface area contributed by atoms with Gasteiger partial charge >= 0.3 is 0 Å². The molecule has 0 spiro atoms. The number of rotatable bonds is 3. The number of anilines is 2. The molecule has 2 aromatic carbocycles. The highest BCUT2D eigenvalue weighted by atomic mass is 32.1. The second-order valence-corrected chi connectivity index (χ2v) is 5.30. The Morgan fingerprint density at radius 1 is 0.950 bits per heavy atom. The fourth-order valence-electron chi connectivity index (χ4n) is 1.96. The number of hydrogen-bond acceptors (Lipinski definition) is 2. The van der Waals surface area contributed by atoms with E-state index in [9.17, 15) is 0 Å². The van der Waals surface area contributed by atoms with E-state index in [1.807, 2.05) is 24.3 Å². The third-order valence-corrected chi connectivity index (χ3v) is 3.17. The molecule has 3 nitrogen and oxygen atoms in total. The van der Waals surface area contributed by atoms with Gasteiger partial charge in [0.05, 0.1) is 5.69 Å². The fourth-order valence-corrected chi connectivity index (χ4v) is 2.13. The Hall–Kier alpha value is -2.07. The number of hydrazine groups is 1. The van der Waals surface area contributed by atoms with Crippen LogP contribution in [0.2, 0.25) is 0 Å². The first-order chi connectivity index (χ1) is 9.54. The summed E-state index contributed by atoms with van der Waals surface area (Å²) >= 11 is 5.26. The number of aryl methyl sites for hydroxylation is 3. The van der Waals surface area contributed by atoms with Gasteiger partial charge in [-0.05, 0) is 62.3 Å². The molecule has 0 saturated carbocycles. The molecule has 0 aliphatic carbocycles. The first-order valence-corrected chi connectivity index (χ1v) is 6.92. The molecule has 104 valence electrons. The van der Waals surface area contributed by atoms with Gasteiger partial charge in [-0.25, -0.2) is 0 Å². The topological polar surface area (TPSA) is 36.1 Å². The van der Waals surface area contributed by atoms with E-state index in [0.29, 0.717) is 5.11 Å². The zero-order chi connectivity index (χ0) is 14.5. The van der Waals surface area contributed by atoms with E-state index in [0.717, 1.165) is 11.4 Å². The summed E-state index contributed by atoms with van der Waals surface area (Å²) in [5, 5.41) is 3.68. The summed E-state index contributed by atoms with van der Waals surface area (Å²) in [6.45, 7) is 6.19. The van der Waals surface area contributed by atoms with Gasteiger partial charge in [0.1, 0.15) is 0 Å². The standard InChI is InChI=1S/C16H19N3S/c1-11-5-4-6-14(10-11)17-16(20)19-18-15-8-7-12(2)9-13(15)3/h4-10,18H,1-3H3,(H2,17,19,20). The van der Waals surface area contributed by atoms with E-state index < -0.39 is 0 Å². The van der Waals surface area contributed by atoms with Gasteiger partial charge in [0.2, 0.25) is 0 Å². The molecular formula is C16H19N3S. The number of nitrogens with one attached hydrogen (secondary N) is 3. The van der Waals surface area contributed by atoms with Gasteiger partial charge in [-0.3, -0.25) is 10.9 Å². The minimum Gasteiger partial charge on any atom is -0.331 e. The van der Waals surface area contributed by atoms with Crippen LogP contribution < -0.4 is 16.2 Å². The second kappa shape index (κ2) is 6.39. The Balaban J connectivity index is 1.92. The maximum atomic E-state index is 5.26. The Morgan fingerprint density at radius 2 is 1.70 bits per heavy atom. The molecule has 4 heteroatoms. The van der Waals surface area contributed by atoms with E-state index in [1.165, 1.54) is 16.7 Å².